The van der Waals surface area contributed by atoms with Gasteiger partial charge in [0.25, 0.3) is 17.7 Å². The first-order valence-electron chi connectivity index (χ1n) is 10.9. The third-order valence-electron chi connectivity index (χ3n) is 6.12. The Labute approximate surface area is 189 Å². The first kappa shape index (κ1) is 21.2. The molecule has 3 aliphatic rings. The third kappa shape index (κ3) is 4.20. The average molecular weight is 455 g/mol. The Balaban J connectivity index is 1.14. The van der Waals surface area contributed by atoms with Crippen molar-refractivity contribution >= 4 is 35.4 Å². The lowest BCUT2D eigenvalue weighted by Crippen LogP contribution is -2.31. The first-order valence-corrected chi connectivity index (χ1v) is 10.9. The Morgan fingerprint density at radius 1 is 1.21 bits per heavy atom. The highest BCUT2D eigenvalue weighted by molar-refractivity contribution is 6.19. The van der Waals surface area contributed by atoms with Crippen molar-refractivity contribution in [1.82, 2.24) is 20.0 Å². The molecule has 0 aromatic carbocycles. The monoisotopic (exact) mass is 455 g/mol. The van der Waals surface area contributed by atoms with Crippen LogP contribution in [0.1, 0.15) is 44.9 Å². The molecule has 3 heterocycles. The van der Waals surface area contributed by atoms with Gasteiger partial charge in [-0.1, -0.05) is 0 Å². The molecule has 0 spiro atoms. The molecule has 2 aromatic rings. The molecular formula is C21H25N7O5. The van der Waals surface area contributed by atoms with Gasteiger partial charge in [0, 0.05) is 38.9 Å². The molecule has 12 heteroatoms. The van der Waals surface area contributed by atoms with Crippen LogP contribution in [-0.4, -0.2) is 63.6 Å². The second-order valence-corrected chi connectivity index (χ2v) is 8.78. The van der Waals surface area contributed by atoms with Crippen LogP contribution in [0.25, 0.3) is 0 Å². The van der Waals surface area contributed by atoms with E-state index in [1.807, 2.05) is 0 Å². The number of likely N-dealkylation sites (N-methyl/N-ethyl adjacent to an activating group) is 1. The number of aromatic nitrogens is 3. The second-order valence-electron chi connectivity index (χ2n) is 8.78. The van der Waals surface area contributed by atoms with Crippen molar-refractivity contribution in [2.45, 2.75) is 56.7 Å². The zero-order valence-corrected chi connectivity index (χ0v) is 18.4. The van der Waals surface area contributed by atoms with Crippen LogP contribution in [-0.2, 0) is 19.9 Å². The Morgan fingerprint density at radius 2 is 1.97 bits per heavy atom. The number of pyridine rings is 1. The number of ether oxygens (including phenoxy) is 1. The van der Waals surface area contributed by atoms with E-state index in [0.717, 1.165) is 24.2 Å². The fourth-order valence-corrected chi connectivity index (χ4v) is 4.33. The molecule has 3 amide bonds. The van der Waals surface area contributed by atoms with Crippen LogP contribution in [0, 0.1) is 0 Å². The molecule has 2 aromatic heterocycles. The maximum absolute atomic E-state index is 12.1. The number of nitrogens with zero attached hydrogens (tertiary/aromatic N) is 5. The van der Waals surface area contributed by atoms with Crippen molar-refractivity contribution in [2.24, 2.45) is 0 Å². The smallest absolute Gasteiger partial charge is 0.331 e. The lowest BCUT2D eigenvalue weighted by Gasteiger charge is -2.16. The number of esters is 1. The predicted molar refractivity (Wildman–Crippen MR) is 115 cm³/mol. The van der Waals surface area contributed by atoms with Crippen molar-refractivity contribution in [3.8, 4) is 0 Å². The number of anilines is 3. The van der Waals surface area contributed by atoms with Crippen LogP contribution in [0.2, 0.25) is 0 Å². The molecule has 0 radical (unpaired) electrons. The number of hydrogen-bond acceptors (Lipinski definition) is 10. The first-order chi connectivity index (χ1) is 15.8. The summed E-state index contributed by atoms with van der Waals surface area (Å²) in [5.74, 6) is 0.771. The number of imide groups is 1. The summed E-state index contributed by atoms with van der Waals surface area (Å²) in [5, 5.41) is 10.7. The van der Waals surface area contributed by atoms with Gasteiger partial charge < -0.3 is 24.8 Å². The van der Waals surface area contributed by atoms with Crippen molar-refractivity contribution in [2.75, 3.05) is 29.1 Å². The van der Waals surface area contributed by atoms with Gasteiger partial charge >= 0.3 is 12.0 Å². The van der Waals surface area contributed by atoms with Crippen molar-refractivity contribution in [1.29, 1.82) is 0 Å². The van der Waals surface area contributed by atoms with Crippen molar-refractivity contribution in [3.05, 3.63) is 24.2 Å². The van der Waals surface area contributed by atoms with E-state index in [0.29, 0.717) is 36.2 Å². The van der Waals surface area contributed by atoms with Gasteiger partial charge in [-0.25, -0.2) is 14.7 Å². The summed E-state index contributed by atoms with van der Waals surface area (Å²) in [6.07, 6.45) is 5.57. The van der Waals surface area contributed by atoms with Crippen LogP contribution < -0.4 is 15.5 Å². The average Bonchev–Trinajstić information content (AvgIpc) is 3.08. The zero-order valence-electron chi connectivity index (χ0n) is 18.4. The van der Waals surface area contributed by atoms with Gasteiger partial charge in [-0.2, -0.15) is 4.98 Å². The second kappa shape index (κ2) is 8.01. The molecule has 0 bridgehead atoms. The van der Waals surface area contributed by atoms with Crippen molar-refractivity contribution in [3.63, 3.8) is 0 Å². The molecule has 174 valence electrons. The summed E-state index contributed by atoms with van der Waals surface area (Å²) in [6, 6.07) is 3.49. The number of nitrogens with one attached hydrogen (secondary N) is 2. The van der Waals surface area contributed by atoms with Crippen LogP contribution in [0.3, 0.4) is 0 Å². The summed E-state index contributed by atoms with van der Waals surface area (Å²) < 4.78 is 10.7. The maximum atomic E-state index is 12.1. The van der Waals surface area contributed by atoms with E-state index in [-0.39, 0.29) is 36.5 Å². The highest BCUT2D eigenvalue weighted by atomic mass is 16.6. The van der Waals surface area contributed by atoms with E-state index in [4.69, 9.17) is 9.26 Å². The fraction of sp³-hybridized carbons (Fsp3) is 0.524. The van der Waals surface area contributed by atoms with E-state index >= 15 is 0 Å². The Kier molecular flexibility index (Phi) is 5.14. The Morgan fingerprint density at radius 3 is 2.58 bits per heavy atom. The van der Waals surface area contributed by atoms with Gasteiger partial charge in [0.05, 0.1) is 11.9 Å². The molecule has 33 heavy (non-hydrogen) atoms. The molecule has 2 N–H and O–H groups in total. The predicted octanol–water partition coefficient (Wildman–Crippen LogP) is 1.86. The lowest BCUT2D eigenvalue weighted by molar-refractivity contribution is -0.150. The number of rotatable bonds is 7. The van der Waals surface area contributed by atoms with E-state index < -0.39 is 5.60 Å². The minimum atomic E-state index is -0.754. The van der Waals surface area contributed by atoms with Crippen LogP contribution >= 0.6 is 0 Å². The normalized spacial score (nSPS) is 23.7. The van der Waals surface area contributed by atoms with E-state index in [9.17, 15) is 14.4 Å². The Bertz CT molecular complexity index is 1080. The minimum absolute atomic E-state index is 0.0713. The maximum Gasteiger partial charge on any atom is 0.331 e. The summed E-state index contributed by atoms with van der Waals surface area (Å²) in [6.45, 7) is 1.44. The van der Waals surface area contributed by atoms with Crippen molar-refractivity contribution < 1.29 is 23.6 Å². The number of urea groups is 1. The lowest BCUT2D eigenvalue weighted by atomic mass is 10.2. The fourth-order valence-electron chi connectivity index (χ4n) is 4.33. The van der Waals surface area contributed by atoms with Crippen LogP contribution in [0.15, 0.2) is 22.9 Å². The molecule has 1 saturated heterocycles. The van der Waals surface area contributed by atoms with Gasteiger partial charge in [0.15, 0.2) is 5.60 Å². The molecule has 12 nitrogen and oxygen atoms in total. The molecule has 2 atom stereocenters. The van der Waals surface area contributed by atoms with Crippen LogP contribution in [0.5, 0.6) is 0 Å². The Hall–Kier alpha value is -3.70. The molecule has 5 rings (SSSR count). The van der Waals surface area contributed by atoms with Gasteiger partial charge in [-0.05, 0) is 36.6 Å². The minimum Gasteiger partial charge on any atom is -0.449 e. The summed E-state index contributed by atoms with van der Waals surface area (Å²) in [5.41, 5.74) is -0.295. The molecule has 1 aliphatic heterocycles. The summed E-state index contributed by atoms with van der Waals surface area (Å²) >= 11 is 0. The standard InChI is InChI=1S/C21H25N7O5/c1-12(29)32-21(7-8-21)18-25-19(26-33-18)24-14-4-3-13(9-14)23-16-6-5-15(10-22-16)28-17(30)11-27(2)20(28)31/h5-6,10,13-14H,3-4,7-9,11H2,1-2H3,(H,22,23)(H,24,26)/t13-,14-/m0/s1. The summed E-state index contributed by atoms with van der Waals surface area (Å²) in [4.78, 5) is 46.7. The molecule has 2 aliphatic carbocycles. The molecule has 2 saturated carbocycles. The number of hydrogen-bond donors (Lipinski definition) is 2. The van der Waals surface area contributed by atoms with E-state index in [1.165, 1.54) is 18.0 Å². The quantitative estimate of drug-likeness (QED) is 0.469. The number of carbonyl (C=O) groups is 3. The van der Waals surface area contributed by atoms with Gasteiger partial charge in [0.1, 0.15) is 12.4 Å². The molecule has 0 unspecified atom stereocenters. The van der Waals surface area contributed by atoms with Crippen LogP contribution in [0.4, 0.5) is 22.2 Å². The molecule has 3 fully saturated rings. The summed E-state index contributed by atoms with van der Waals surface area (Å²) in [7, 11) is 1.59. The topological polar surface area (TPSA) is 143 Å². The third-order valence-corrected chi connectivity index (χ3v) is 6.12. The number of carbonyl (C=O) groups excluding carboxylic acids is 3. The van der Waals surface area contributed by atoms with E-state index in [2.05, 4.69) is 25.8 Å². The van der Waals surface area contributed by atoms with Gasteiger partial charge in [-0.15, -0.1) is 0 Å². The largest absolute Gasteiger partial charge is 0.449 e. The highest BCUT2D eigenvalue weighted by Crippen LogP contribution is 2.48. The molecular weight excluding hydrogens is 430 g/mol. The highest BCUT2D eigenvalue weighted by Gasteiger charge is 2.53. The van der Waals surface area contributed by atoms with Gasteiger partial charge in [-0.3, -0.25) is 9.59 Å². The number of amides is 3. The SMILES string of the molecule is CC(=O)OC1(c2nc(N[C@H]3CC[C@H](Nc4ccc(N5C(=O)CN(C)C5=O)cn4)C3)no2)CC1. The van der Waals surface area contributed by atoms with Gasteiger partial charge in [0.2, 0.25) is 0 Å². The zero-order chi connectivity index (χ0) is 23.2. The van der Waals surface area contributed by atoms with E-state index in [1.54, 1.807) is 19.2 Å².